The highest BCUT2D eigenvalue weighted by molar-refractivity contribution is 7.81. The molecule has 1 aliphatic rings. The third-order valence-corrected chi connectivity index (χ3v) is 5.93. The van der Waals surface area contributed by atoms with Gasteiger partial charge in [-0.05, 0) is 53.5 Å². The molecule has 0 nitrogen and oxygen atoms in total. The van der Waals surface area contributed by atoms with Crippen LogP contribution in [0.3, 0.4) is 0 Å². The summed E-state index contributed by atoms with van der Waals surface area (Å²) in [6.07, 6.45) is 10.8. The van der Waals surface area contributed by atoms with Gasteiger partial charge in [-0.3, -0.25) is 0 Å². The molecule has 0 radical (unpaired) electrons. The van der Waals surface area contributed by atoms with Gasteiger partial charge in [-0.15, -0.1) is 6.58 Å². The van der Waals surface area contributed by atoms with Crippen LogP contribution in [0.4, 0.5) is 0 Å². The number of rotatable bonds is 5. The lowest BCUT2D eigenvalue weighted by Crippen LogP contribution is -2.25. The largest absolute Gasteiger partial charge is 0.158 e. The van der Waals surface area contributed by atoms with Crippen molar-refractivity contribution in [2.45, 2.75) is 31.4 Å². The second-order valence-corrected chi connectivity index (χ2v) is 7.40. The Morgan fingerprint density at radius 1 is 1.16 bits per heavy atom. The Kier molecular flexibility index (Phi) is 5.34. The van der Waals surface area contributed by atoms with Crippen LogP contribution in [0.5, 0.6) is 0 Å². The maximum atomic E-state index is 5.29. The zero-order valence-corrected chi connectivity index (χ0v) is 16.0. The van der Waals surface area contributed by atoms with E-state index in [1.807, 2.05) is 6.08 Å². The Hall–Kier alpha value is -1.99. The molecular weight excluding hydrogens is 320 g/mol. The predicted octanol–water partition coefficient (Wildman–Crippen LogP) is 6.42. The van der Waals surface area contributed by atoms with Crippen LogP contribution >= 0.6 is 12.6 Å². The van der Waals surface area contributed by atoms with Gasteiger partial charge in [0.25, 0.3) is 0 Å². The SMILES string of the molecule is C=CC1C=CC(C(S)(c2ccc(CC)cc2)c2ccccc2C)=CC1. The van der Waals surface area contributed by atoms with Gasteiger partial charge in [0.15, 0.2) is 0 Å². The maximum Gasteiger partial charge on any atom is 0.0877 e. The van der Waals surface area contributed by atoms with Gasteiger partial charge in [-0.25, -0.2) is 0 Å². The first-order chi connectivity index (χ1) is 12.1. The molecule has 0 aromatic heterocycles. The molecule has 25 heavy (non-hydrogen) atoms. The molecule has 2 aromatic rings. The minimum absolute atomic E-state index is 0.417. The lowest BCUT2D eigenvalue weighted by molar-refractivity contribution is 0.782. The Morgan fingerprint density at radius 2 is 1.88 bits per heavy atom. The van der Waals surface area contributed by atoms with Crippen molar-refractivity contribution in [1.29, 1.82) is 0 Å². The van der Waals surface area contributed by atoms with E-state index >= 15 is 0 Å². The molecule has 0 bridgehead atoms. The molecule has 2 aromatic carbocycles. The fourth-order valence-corrected chi connectivity index (χ4v) is 4.08. The molecule has 128 valence electrons. The van der Waals surface area contributed by atoms with Crippen molar-refractivity contribution in [3.63, 3.8) is 0 Å². The average molecular weight is 347 g/mol. The van der Waals surface area contributed by atoms with Crippen molar-refractivity contribution < 1.29 is 0 Å². The Bertz CT molecular complexity index is 810. The van der Waals surface area contributed by atoms with Crippen molar-refractivity contribution in [3.8, 4) is 0 Å². The summed E-state index contributed by atoms with van der Waals surface area (Å²) in [7, 11) is 0. The molecule has 0 amide bonds. The molecule has 2 atom stereocenters. The second kappa shape index (κ2) is 7.49. The average Bonchev–Trinajstić information content (AvgIpc) is 2.68. The van der Waals surface area contributed by atoms with Crippen LogP contribution in [0.25, 0.3) is 0 Å². The minimum atomic E-state index is -0.444. The third kappa shape index (κ3) is 3.39. The van der Waals surface area contributed by atoms with Crippen LogP contribution in [0.1, 0.15) is 35.6 Å². The summed E-state index contributed by atoms with van der Waals surface area (Å²) in [5, 5.41) is 0. The Balaban J connectivity index is 2.15. The molecular formula is C24H26S. The molecule has 0 saturated carbocycles. The van der Waals surface area contributed by atoms with Crippen molar-refractivity contribution >= 4 is 12.6 Å². The summed E-state index contributed by atoms with van der Waals surface area (Å²) < 4.78 is -0.444. The van der Waals surface area contributed by atoms with E-state index in [4.69, 9.17) is 12.6 Å². The van der Waals surface area contributed by atoms with Crippen molar-refractivity contribution in [2.24, 2.45) is 5.92 Å². The lowest BCUT2D eigenvalue weighted by Gasteiger charge is -2.34. The molecule has 3 rings (SSSR count). The fraction of sp³-hybridized carbons (Fsp3) is 0.250. The first-order valence-corrected chi connectivity index (χ1v) is 9.43. The number of hydrogen-bond donors (Lipinski definition) is 1. The van der Waals surface area contributed by atoms with E-state index < -0.39 is 4.75 Å². The monoisotopic (exact) mass is 346 g/mol. The fourth-order valence-electron chi connectivity index (χ4n) is 3.52. The maximum absolute atomic E-state index is 5.29. The van der Waals surface area contributed by atoms with E-state index in [0.29, 0.717) is 5.92 Å². The highest BCUT2D eigenvalue weighted by Gasteiger charge is 2.35. The molecule has 0 aliphatic heterocycles. The standard InChI is InChI=1S/C24H26S/c1-4-19-10-14-21(15-11-19)24(25,23-9-7-6-8-18(23)3)22-16-12-20(5-2)13-17-22/h4,6-10,12-17,19,25H,1,5,11H2,2-3H3. The highest BCUT2D eigenvalue weighted by Crippen LogP contribution is 2.46. The van der Waals surface area contributed by atoms with Gasteiger partial charge < -0.3 is 0 Å². The first kappa shape index (κ1) is 17.8. The molecule has 2 unspecified atom stereocenters. The van der Waals surface area contributed by atoms with Crippen molar-refractivity contribution in [1.82, 2.24) is 0 Å². The molecule has 0 N–H and O–H groups in total. The summed E-state index contributed by atoms with van der Waals surface area (Å²) in [4.78, 5) is 0. The van der Waals surface area contributed by atoms with Crippen molar-refractivity contribution in [2.75, 3.05) is 0 Å². The summed E-state index contributed by atoms with van der Waals surface area (Å²) in [6.45, 7) is 8.28. The smallest absolute Gasteiger partial charge is 0.0877 e. The zero-order chi connectivity index (χ0) is 17.9. The van der Waals surface area contributed by atoms with Crippen molar-refractivity contribution in [3.05, 3.63) is 107 Å². The van der Waals surface area contributed by atoms with Crippen LogP contribution in [-0.2, 0) is 11.2 Å². The van der Waals surface area contributed by atoms with Gasteiger partial charge in [-0.2, -0.15) is 12.6 Å². The summed E-state index contributed by atoms with van der Waals surface area (Å²) in [5.41, 5.74) is 6.32. The third-order valence-electron chi connectivity index (χ3n) is 5.17. The number of aryl methyl sites for hydroxylation is 2. The van der Waals surface area contributed by atoms with Gasteiger partial charge in [0.05, 0.1) is 4.75 Å². The van der Waals surface area contributed by atoms with Crippen LogP contribution in [0.2, 0.25) is 0 Å². The number of allylic oxidation sites excluding steroid dienone is 4. The van der Waals surface area contributed by atoms with E-state index in [-0.39, 0.29) is 0 Å². The minimum Gasteiger partial charge on any atom is -0.158 e. The number of hydrogen-bond acceptors (Lipinski definition) is 1. The molecule has 1 aliphatic carbocycles. The molecule has 0 heterocycles. The van der Waals surface area contributed by atoms with Gasteiger partial charge >= 0.3 is 0 Å². The van der Waals surface area contributed by atoms with Gasteiger partial charge in [0.2, 0.25) is 0 Å². The quantitative estimate of drug-likeness (QED) is 0.469. The lowest BCUT2D eigenvalue weighted by atomic mass is 9.78. The number of thiol groups is 1. The zero-order valence-electron chi connectivity index (χ0n) is 15.1. The van der Waals surface area contributed by atoms with E-state index in [2.05, 4.69) is 87.2 Å². The van der Waals surface area contributed by atoms with Crippen LogP contribution < -0.4 is 0 Å². The first-order valence-electron chi connectivity index (χ1n) is 8.99. The van der Waals surface area contributed by atoms with E-state index in [1.165, 1.54) is 27.8 Å². The molecule has 1 heteroatoms. The second-order valence-electron chi connectivity index (χ2n) is 6.73. The van der Waals surface area contributed by atoms with Gasteiger partial charge in [0.1, 0.15) is 0 Å². The van der Waals surface area contributed by atoms with Crippen LogP contribution in [0.15, 0.2) is 85.0 Å². The predicted molar refractivity (Wildman–Crippen MR) is 112 cm³/mol. The summed E-state index contributed by atoms with van der Waals surface area (Å²) in [5.74, 6) is 0.417. The summed E-state index contributed by atoms with van der Waals surface area (Å²) >= 11 is 5.29. The van der Waals surface area contributed by atoms with Crippen LogP contribution in [0, 0.1) is 12.8 Å². The Morgan fingerprint density at radius 3 is 2.44 bits per heavy atom. The van der Waals surface area contributed by atoms with Gasteiger partial charge in [-0.1, -0.05) is 79.8 Å². The topological polar surface area (TPSA) is 0 Å². The summed E-state index contributed by atoms with van der Waals surface area (Å²) in [6, 6.07) is 17.5. The highest BCUT2D eigenvalue weighted by atomic mass is 32.1. The Labute approximate surface area is 157 Å². The van der Waals surface area contributed by atoms with Crippen LogP contribution in [-0.4, -0.2) is 0 Å². The molecule has 0 fully saturated rings. The normalized spacial score (nSPS) is 19.2. The van der Waals surface area contributed by atoms with E-state index in [0.717, 1.165) is 12.8 Å². The molecule has 0 saturated heterocycles. The van der Waals surface area contributed by atoms with E-state index in [9.17, 15) is 0 Å². The van der Waals surface area contributed by atoms with E-state index in [1.54, 1.807) is 0 Å². The number of benzene rings is 2. The van der Waals surface area contributed by atoms with Gasteiger partial charge in [0, 0.05) is 0 Å². The molecule has 0 spiro atoms.